The molecule has 0 amide bonds. The molecule has 1 unspecified atom stereocenters. The molecule has 0 saturated heterocycles. The lowest BCUT2D eigenvalue weighted by atomic mass is 10.0. The number of hydrogen-bond donors (Lipinski definition) is 0. The molecule has 0 fully saturated rings. The number of carbonyl (C=O) groups excluding carboxylic acids is 1. The van der Waals surface area contributed by atoms with Crippen LogP contribution < -0.4 is 0 Å². The molecule has 0 aliphatic carbocycles. The van der Waals surface area contributed by atoms with Crippen LogP contribution in [0.15, 0.2) is 12.2 Å². The monoisotopic (exact) mass is 680 g/mol. The van der Waals surface area contributed by atoms with E-state index in [1.165, 1.54) is 167 Å². The van der Waals surface area contributed by atoms with Gasteiger partial charge in [-0.25, -0.2) is 0 Å². The lowest BCUT2D eigenvalue weighted by Gasteiger charge is -2.19. The average Bonchev–Trinajstić information content (AvgIpc) is 3.07. The number of unbranched alkanes of at least 4 members (excludes halogenated alkanes) is 25. The summed E-state index contributed by atoms with van der Waals surface area (Å²) < 4.78 is 17.7. The van der Waals surface area contributed by atoms with E-state index in [1.807, 2.05) is 14.1 Å². The molecule has 0 saturated carbocycles. The van der Waals surface area contributed by atoms with Crippen LogP contribution in [-0.2, 0) is 19.0 Å². The molecule has 0 aliphatic heterocycles. The first-order valence-corrected chi connectivity index (χ1v) is 21.2. The normalized spacial score (nSPS) is 12.4. The quantitative estimate of drug-likeness (QED) is 0.0366. The predicted octanol–water partition coefficient (Wildman–Crippen LogP) is 12.8. The number of hydrogen-bond acceptors (Lipinski definition) is 5. The fourth-order valence-corrected chi connectivity index (χ4v) is 6.18. The van der Waals surface area contributed by atoms with Crippen molar-refractivity contribution in [3.8, 4) is 0 Å². The van der Waals surface area contributed by atoms with Crippen LogP contribution in [0.5, 0.6) is 0 Å². The smallest absolute Gasteiger partial charge is 0.306 e. The molecule has 0 aromatic heterocycles. The van der Waals surface area contributed by atoms with E-state index >= 15 is 0 Å². The molecule has 0 N–H and O–H groups in total. The summed E-state index contributed by atoms with van der Waals surface area (Å²) in [6.07, 6.45) is 43.0. The average molecular weight is 680 g/mol. The highest BCUT2D eigenvalue weighted by Crippen LogP contribution is 2.14. The van der Waals surface area contributed by atoms with Crippen molar-refractivity contribution in [2.45, 2.75) is 213 Å². The summed E-state index contributed by atoms with van der Waals surface area (Å²) in [5.74, 6) is -0.136. The Morgan fingerprint density at radius 3 is 1.23 bits per heavy atom. The van der Waals surface area contributed by atoms with Gasteiger partial charge in [0.2, 0.25) is 0 Å². The van der Waals surface area contributed by atoms with Crippen LogP contribution in [0.4, 0.5) is 0 Å². The van der Waals surface area contributed by atoms with Crippen LogP contribution in [0.25, 0.3) is 0 Å². The Bertz CT molecular complexity index is 653. The third-order valence-electron chi connectivity index (χ3n) is 9.33. The minimum atomic E-state index is -0.308. The van der Waals surface area contributed by atoms with Crippen molar-refractivity contribution in [3.63, 3.8) is 0 Å². The van der Waals surface area contributed by atoms with E-state index in [-0.39, 0.29) is 12.1 Å². The number of carbonyl (C=O) groups is 1. The molecule has 286 valence electrons. The minimum Gasteiger partial charge on any atom is -0.457 e. The summed E-state index contributed by atoms with van der Waals surface area (Å²) in [6, 6.07) is 0. The number of ether oxygens (including phenoxy) is 3. The van der Waals surface area contributed by atoms with Crippen molar-refractivity contribution in [2.24, 2.45) is 0 Å². The third kappa shape index (κ3) is 39.5. The minimum absolute atomic E-state index is 0.136. The Morgan fingerprint density at radius 2 is 0.854 bits per heavy atom. The molecule has 0 heterocycles. The molecule has 0 radical (unpaired) electrons. The van der Waals surface area contributed by atoms with E-state index < -0.39 is 0 Å². The Hall–Kier alpha value is -0.910. The summed E-state index contributed by atoms with van der Waals surface area (Å²) >= 11 is 0. The van der Waals surface area contributed by atoms with Gasteiger partial charge in [-0.15, -0.1) is 0 Å². The Morgan fingerprint density at radius 1 is 0.500 bits per heavy atom. The second-order valence-electron chi connectivity index (χ2n) is 14.7. The SMILES string of the molecule is CCCCCCCCC=CCCCCCCCCOCC(COCCCCCCCCCCCCCCCC)OC(=O)CCCN(C)C. The second-order valence-corrected chi connectivity index (χ2v) is 14.7. The molecule has 0 aromatic carbocycles. The predicted molar refractivity (Wildman–Crippen MR) is 209 cm³/mol. The highest BCUT2D eigenvalue weighted by Gasteiger charge is 2.15. The standard InChI is InChI=1S/C43H85NO4/c1-5-7-9-11-13-15-17-19-21-22-24-26-28-30-32-34-39-47-41-42(48-43(45)36-35-37-44(3)4)40-46-38-33-31-29-27-25-23-20-18-16-14-12-10-8-6-2/h19,21,42H,5-18,20,22-41H2,1-4H3. The van der Waals surface area contributed by atoms with Crippen LogP contribution in [0.2, 0.25) is 0 Å². The van der Waals surface area contributed by atoms with Gasteiger partial charge >= 0.3 is 5.97 Å². The first kappa shape index (κ1) is 47.1. The van der Waals surface area contributed by atoms with Crippen molar-refractivity contribution in [2.75, 3.05) is 47.1 Å². The number of allylic oxidation sites excluding steroid dienone is 2. The van der Waals surface area contributed by atoms with Crippen LogP contribution in [0.3, 0.4) is 0 Å². The summed E-state index contributed by atoms with van der Waals surface area (Å²) in [4.78, 5) is 14.5. The lowest BCUT2D eigenvalue weighted by molar-refractivity contribution is -0.156. The molecule has 1 atom stereocenters. The van der Waals surface area contributed by atoms with Gasteiger partial charge in [-0.3, -0.25) is 4.79 Å². The molecule has 0 aromatic rings. The summed E-state index contributed by atoms with van der Waals surface area (Å²) in [6.45, 7) is 7.80. The zero-order valence-corrected chi connectivity index (χ0v) is 33.1. The van der Waals surface area contributed by atoms with Crippen molar-refractivity contribution in [3.05, 3.63) is 12.2 Å². The molecule has 48 heavy (non-hydrogen) atoms. The lowest BCUT2D eigenvalue weighted by Crippen LogP contribution is -2.29. The second kappa shape index (κ2) is 40.5. The zero-order chi connectivity index (χ0) is 35.0. The Balaban J connectivity index is 3.87. The molecular formula is C43H85NO4. The number of nitrogens with zero attached hydrogens (tertiary/aromatic N) is 1. The van der Waals surface area contributed by atoms with E-state index in [0.717, 1.165) is 39.0 Å². The van der Waals surface area contributed by atoms with Crippen LogP contribution in [0, 0.1) is 0 Å². The van der Waals surface area contributed by atoms with Crippen molar-refractivity contribution in [1.29, 1.82) is 0 Å². The van der Waals surface area contributed by atoms with Gasteiger partial charge < -0.3 is 19.1 Å². The van der Waals surface area contributed by atoms with E-state index in [4.69, 9.17) is 14.2 Å². The maximum absolute atomic E-state index is 12.4. The molecule has 5 nitrogen and oxygen atoms in total. The first-order chi connectivity index (χ1) is 23.6. The van der Waals surface area contributed by atoms with Gasteiger partial charge in [-0.1, -0.05) is 167 Å². The topological polar surface area (TPSA) is 48.0 Å². The van der Waals surface area contributed by atoms with Crippen molar-refractivity contribution in [1.82, 2.24) is 4.90 Å². The zero-order valence-electron chi connectivity index (χ0n) is 33.1. The molecule has 0 spiro atoms. The van der Waals surface area contributed by atoms with Gasteiger partial charge in [-0.2, -0.15) is 0 Å². The van der Waals surface area contributed by atoms with Gasteiger partial charge in [-0.05, 0) is 65.6 Å². The maximum atomic E-state index is 12.4. The van der Waals surface area contributed by atoms with Gasteiger partial charge in [0.25, 0.3) is 0 Å². The van der Waals surface area contributed by atoms with Gasteiger partial charge in [0.1, 0.15) is 6.10 Å². The van der Waals surface area contributed by atoms with E-state index in [9.17, 15) is 4.79 Å². The molecule has 5 heteroatoms. The maximum Gasteiger partial charge on any atom is 0.306 e. The Labute approximate surface area is 301 Å². The van der Waals surface area contributed by atoms with E-state index in [0.29, 0.717) is 19.6 Å². The molecule has 0 aliphatic rings. The van der Waals surface area contributed by atoms with Gasteiger partial charge in [0, 0.05) is 19.6 Å². The van der Waals surface area contributed by atoms with Gasteiger partial charge in [0.15, 0.2) is 0 Å². The third-order valence-corrected chi connectivity index (χ3v) is 9.33. The fraction of sp³-hybridized carbons (Fsp3) is 0.930. The van der Waals surface area contributed by atoms with Gasteiger partial charge in [0.05, 0.1) is 13.2 Å². The largest absolute Gasteiger partial charge is 0.457 e. The summed E-state index contributed by atoms with van der Waals surface area (Å²) in [5.41, 5.74) is 0. The van der Waals surface area contributed by atoms with Crippen LogP contribution in [0.1, 0.15) is 206 Å². The number of esters is 1. The van der Waals surface area contributed by atoms with E-state index in [1.54, 1.807) is 0 Å². The summed E-state index contributed by atoms with van der Waals surface area (Å²) in [5, 5.41) is 0. The molecule has 0 rings (SSSR count). The van der Waals surface area contributed by atoms with Crippen LogP contribution in [-0.4, -0.2) is 64.0 Å². The fourth-order valence-electron chi connectivity index (χ4n) is 6.18. The van der Waals surface area contributed by atoms with Crippen LogP contribution >= 0.6 is 0 Å². The first-order valence-electron chi connectivity index (χ1n) is 21.2. The molecular weight excluding hydrogens is 594 g/mol. The summed E-state index contributed by atoms with van der Waals surface area (Å²) in [7, 11) is 4.06. The highest BCUT2D eigenvalue weighted by molar-refractivity contribution is 5.69. The van der Waals surface area contributed by atoms with Crippen molar-refractivity contribution < 1.29 is 19.0 Å². The van der Waals surface area contributed by atoms with Crippen molar-refractivity contribution >= 4 is 5.97 Å². The highest BCUT2D eigenvalue weighted by atomic mass is 16.6. The van der Waals surface area contributed by atoms with E-state index in [2.05, 4.69) is 30.9 Å². The Kier molecular flexibility index (Phi) is 39.8. The molecule has 0 bridgehead atoms. The number of rotatable bonds is 40.